The molecule has 0 atom stereocenters. The third-order valence-corrected chi connectivity index (χ3v) is 0.947. The van der Waals surface area contributed by atoms with E-state index in [2.05, 4.69) is 4.74 Å². The highest BCUT2D eigenvalue weighted by Gasteiger charge is 2.42. The lowest BCUT2D eigenvalue weighted by Gasteiger charge is -2.11. The fraction of sp³-hybridized carbons (Fsp3) is 0.667. The van der Waals surface area contributed by atoms with Gasteiger partial charge in [0.2, 0.25) is 0 Å². The predicted octanol–water partition coefficient (Wildman–Crippen LogP) is 0.659. The summed E-state index contributed by atoms with van der Waals surface area (Å²) in [6.07, 6.45) is -1.54. The molecule has 0 aliphatic rings. The van der Waals surface area contributed by atoms with Gasteiger partial charge in [-0.15, -0.1) is 0 Å². The Kier molecular flexibility index (Phi) is 3.59. The first-order chi connectivity index (χ1) is 5.40. The standard InChI is InChI=1S/C6H8F2O4/c1-2-12-5(11)6(7,8)3-4(9)10/h2-3H2,1H3,(H,9,10). The molecule has 0 bridgehead atoms. The molecular formula is C6H8F2O4. The molecule has 0 rings (SSSR count). The van der Waals surface area contributed by atoms with Crippen molar-refractivity contribution >= 4 is 11.9 Å². The number of halogens is 2. The molecule has 4 nitrogen and oxygen atoms in total. The van der Waals surface area contributed by atoms with Gasteiger partial charge in [-0.1, -0.05) is 0 Å². The van der Waals surface area contributed by atoms with Gasteiger partial charge in [-0.25, -0.2) is 4.79 Å². The van der Waals surface area contributed by atoms with Gasteiger partial charge in [0.15, 0.2) is 0 Å². The number of rotatable bonds is 4. The van der Waals surface area contributed by atoms with Gasteiger partial charge in [-0.05, 0) is 6.92 Å². The average Bonchev–Trinajstić information content (AvgIpc) is 1.85. The zero-order valence-electron chi connectivity index (χ0n) is 6.34. The molecule has 12 heavy (non-hydrogen) atoms. The third-order valence-electron chi connectivity index (χ3n) is 0.947. The molecule has 1 N–H and O–H groups in total. The number of carboxylic acids is 1. The lowest BCUT2D eigenvalue weighted by molar-refractivity contribution is -0.176. The number of ether oxygens (including phenoxy) is 1. The van der Waals surface area contributed by atoms with Gasteiger partial charge >= 0.3 is 17.9 Å². The fourth-order valence-corrected chi connectivity index (χ4v) is 0.499. The topological polar surface area (TPSA) is 63.6 Å². The van der Waals surface area contributed by atoms with Crippen molar-refractivity contribution in [2.45, 2.75) is 19.3 Å². The molecule has 0 spiro atoms. The molecule has 0 aromatic heterocycles. The maximum Gasteiger partial charge on any atom is 0.377 e. The second kappa shape index (κ2) is 3.99. The number of hydrogen-bond acceptors (Lipinski definition) is 3. The highest BCUT2D eigenvalue weighted by Crippen LogP contribution is 2.19. The summed E-state index contributed by atoms with van der Waals surface area (Å²) >= 11 is 0. The van der Waals surface area contributed by atoms with Crippen LogP contribution in [0.3, 0.4) is 0 Å². The summed E-state index contributed by atoms with van der Waals surface area (Å²) in [5.74, 6) is -7.47. The first kappa shape index (κ1) is 10.8. The van der Waals surface area contributed by atoms with E-state index in [4.69, 9.17) is 5.11 Å². The number of esters is 1. The van der Waals surface area contributed by atoms with Crippen LogP contribution in [0.4, 0.5) is 8.78 Å². The Morgan fingerprint density at radius 3 is 2.33 bits per heavy atom. The van der Waals surface area contributed by atoms with Crippen LogP contribution in [0.25, 0.3) is 0 Å². The van der Waals surface area contributed by atoms with Crippen LogP contribution in [0.1, 0.15) is 13.3 Å². The molecule has 0 aliphatic carbocycles. The van der Waals surface area contributed by atoms with Gasteiger partial charge < -0.3 is 9.84 Å². The van der Waals surface area contributed by atoms with Crippen molar-refractivity contribution in [2.24, 2.45) is 0 Å². The predicted molar refractivity (Wildman–Crippen MR) is 33.8 cm³/mol. The second-order valence-electron chi connectivity index (χ2n) is 2.00. The Morgan fingerprint density at radius 2 is 2.00 bits per heavy atom. The number of carbonyl (C=O) groups excluding carboxylic acids is 1. The molecule has 70 valence electrons. The quantitative estimate of drug-likeness (QED) is 0.648. The maximum atomic E-state index is 12.4. The molecule has 0 aromatic rings. The van der Waals surface area contributed by atoms with E-state index in [-0.39, 0.29) is 6.61 Å². The number of carbonyl (C=O) groups is 2. The van der Waals surface area contributed by atoms with Crippen LogP contribution in [0.5, 0.6) is 0 Å². The van der Waals surface area contributed by atoms with Gasteiger partial charge in [-0.3, -0.25) is 4.79 Å². The van der Waals surface area contributed by atoms with E-state index >= 15 is 0 Å². The smallest absolute Gasteiger partial charge is 0.377 e. The normalized spacial score (nSPS) is 10.9. The third kappa shape index (κ3) is 3.27. The molecular weight excluding hydrogens is 174 g/mol. The lowest BCUT2D eigenvalue weighted by Crippen LogP contribution is -2.33. The summed E-state index contributed by atoms with van der Waals surface area (Å²) in [6.45, 7) is 1.16. The van der Waals surface area contributed by atoms with Gasteiger partial charge in [0.1, 0.15) is 6.42 Å². The van der Waals surface area contributed by atoms with Crippen molar-refractivity contribution in [1.82, 2.24) is 0 Å². The highest BCUT2D eigenvalue weighted by molar-refractivity contribution is 5.83. The minimum atomic E-state index is -3.93. The molecule has 0 unspecified atom stereocenters. The number of alkyl halides is 2. The van der Waals surface area contributed by atoms with Crippen LogP contribution in [0, 0.1) is 0 Å². The van der Waals surface area contributed by atoms with Crippen LogP contribution in [0.2, 0.25) is 0 Å². The number of aliphatic carboxylic acids is 1. The molecule has 0 radical (unpaired) electrons. The average molecular weight is 182 g/mol. The molecule has 0 aliphatic heterocycles. The summed E-state index contributed by atoms with van der Waals surface area (Å²) in [5, 5.41) is 7.98. The molecule has 0 saturated carbocycles. The maximum absolute atomic E-state index is 12.4. The minimum absolute atomic E-state index is 0.200. The summed E-state index contributed by atoms with van der Waals surface area (Å²) in [5.41, 5.74) is 0. The van der Waals surface area contributed by atoms with Crippen LogP contribution < -0.4 is 0 Å². The summed E-state index contributed by atoms with van der Waals surface area (Å²) < 4.78 is 28.8. The van der Waals surface area contributed by atoms with Gasteiger partial charge in [0, 0.05) is 0 Å². The van der Waals surface area contributed by atoms with E-state index in [1.807, 2.05) is 0 Å². The highest BCUT2D eigenvalue weighted by atomic mass is 19.3. The molecule has 0 heterocycles. The van der Waals surface area contributed by atoms with Crippen LogP contribution >= 0.6 is 0 Å². The van der Waals surface area contributed by atoms with E-state index in [0.29, 0.717) is 0 Å². The molecule has 0 amide bonds. The monoisotopic (exact) mass is 182 g/mol. The summed E-state index contributed by atoms with van der Waals surface area (Å²) in [6, 6.07) is 0. The number of carboxylic acid groups (broad SMARTS) is 1. The first-order valence-electron chi connectivity index (χ1n) is 3.17. The van der Waals surface area contributed by atoms with Crippen LogP contribution in [-0.4, -0.2) is 29.6 Å². The zero-order valence-corrected chi connectivity index (χ0v) is 6.34. The first-order valence-corrected chi connectivity index (χ1v) is 3.17. The van der Waals surface area contributed by atoms with E-state index in [1.54, 1.807) is 0 Å². The van der Waals surface area contributed by atoms with Crippen LogP contribution in [-0.2, 0) is 14.3 Å². The molecule has 0 fully saturated rings. The largest absolute Gasteiger partial charge is 0.481 e. The Hall–Kier alpha value is -1.20. The summed E-state index contributed by atoms with van der Waals surface area (Å²) in [4.78, 5) is 20.2. The lowest BCUT2D eigenvalue weighted by atomic mass is 10.2. The van der Waals surface area contributed by atoms with Crippen molar-refractivity contribution in [2.75, 3.05) is 6.61 Å². The Balaban J connectivity index is 4.18. The minimum Gasteiger partial charge on any atom is -0.481 e. The van der Waals surface area contributed by atoms with E-state index < -0.39 is 24.3 Å². The Labute approximate surface area is 67.1 Å². The van der Waals surface area contributed by atoms with Crippen molar-refractivity contribution in [1.29, 1.82) is 0 Å². The molecule has 6 heteroatoms. The second-order valence-corrected chi connectivity index (χ2v) is 2.00. The van der Waals surface area contributed by atoms with Crippen molar-refractivity contribution in [3.63, 3.8) is 0 Å². The molecule has 0 aromatic carbocycles. The van der Waals surface area contributed by atoms with Gasteiger partial charge in [0.05, 0.1) is 6.61 Å². The van der Waals surface area contributed by atoms with Crippen molar-refractivity contribution in [3.05, 3.63) is 0 Å². The van der Waals surface area contributed by atoms with Crippen molar-refractivity contribution in [3.8, 4) is 0 Å². The Morgan fingerprint density at radius 1 is 1.50 bits per heavy atom. The summed E-state index contributed by atoms with van der Waals surface area (Å²) in [7, 11) is 0. The van der Waals surface area contributed by atoms with Crippen molar-refractivity contribution < 1.29 is 28.2 Å². The van der Waals surface area contributed by atoms with E-state index in [0.717, 1.165) is 0 Å². The van der Waals surface area contributed by atoms with Crippen LogP contribution in [0.15, 0.2) is 0 Å². The van der Waals surface area contributed by atoms with E-state index in [9.17, 15) is 18.4 Å². The SMILES string of the molecule is CCOC(=O)C(F)(F)CC(=O)O. The van der Waals surface area contributed by atoms with E-state index in [1.165, 1.54) is 6.92 Å². The molecule has 0 saturated heterocycles. The van der Waals surface area contributed by atoms with Gasteiger partial charge in [0.25, 0.3) is 0 Å². The number of hydrogen-bond donors (Lipinski definition) is 1. The Bertz CT molecular complexity index is 190. The van der Waals surface area contributed by atoms with Gasteiger partial charge in [-0.2, -0.15) is 8.78 Å². The zero-order chi connectivity index (χ0) is 9.78. The fourth-order valence-electron chi connectivity index (χ4n) is 0.499.